The van der Waals surface area contributed by atoms with Crippen molar-refractivity contribution in [2.45, 2.75) is 20.4 Å². The van der Waals surface area contributed by atoms with Gasteiger partial charge in [0, 0.05) is 18.7 Å². The van der Waals surface area contributed by atoms with Gasteiger partial charge in [0.15, 0.2) is 0 Å². The molecule has 0 aliphatic carbocycles. The molecule has 0 N–H and O–H groups in total. The van der Waals surface area contributed by atoms with Gasteiger partial charge in [-0.15, -0.1) is 0 Å². The summed E-state index contributed by atoms with van der Waals surface area (Å²) < 4.78 is 26.3. The predicted octanol–water partition coefficient (Wildman–Crippen LogP) is 3.94. The Balaban J connectivity index is 2.22. The number of halogens is 2. The molecule has 2 nitrogen and oxygen atoms in total. The van der Waals surface area contributed by atoms with E-state index in [2.05, 4.69) is 0 Å². The van der Waals surface area contributed by atoms with Crippen LogP contribution in [0.1, 0.15) is 28.4 Å². The third-order valence-corrected chi connectivity index (χ3v) is 3.35. The molecule has 0 aliphatic rings. The summed E-state index contributed by atoms with van der Waals surface area (Å²) in [6.07, 6.45) is 0. The quantitative estimate of drug-likeness (QED) is 0.835. The Kier molecular flexibility index (Phi) is 4.68. The maximum atomic E-state index is 13.2. The average Bonchev–Trinajstić information content (AvgIpc) is 2.44. The maximum Gasteiger partial charge on any atom is 0.254 e. The van der Waals surface area contributed by atoms with Crippen LogP contribution in [0.2, 0.25) is 0 Å². The van der Waals surface area contributed by atoms with Crippen LogP contribution in [0.15, 0.2) is 42.5 Å². The Morgan fingerprint density at radius 1 is 1.10 bits per heavy atom. The van der Waals surface area contributed by atoms with E-state index in [1.54, 1.807) is 24.0 Å². The van der Waals surface area contributed by atoms with Crippen molar-refractivity contribution >= 4 is 5.91 Å². The summed E-state index contributed by atoms with van der Waals surface area (Å²) >= 11 is 0. The molecule has 0 atom stereocenters. The lowest BCUT2D eigenvalue weighted by molar-refractivity contribution is 0.0751. The second kappa shape index (κ2) is 6.48. The van der Waals surface area contributed by atoms with Crippen molar-refractivity contribution in [2.24, 2.45) is 0 Å². The maximum absolute atomic E-state index is 13.2. The number of amides is 1. The summed E-state index contributed by atoms with van der Waals surface area (Å²) in [6, 6.07) is 10.3. The minimum atomic E-state index is -0.364. The third kappa shape index (κ3) is 3.66. The lowest BCUT2D eigenvalue weighted by Gasteiger charge is -2.22. The molecule has 0 unspecified atom stereocenters. The molecule has 21 heavy (non-hydrogen) atoms. The van der Waals surface area contributed by atoms with Gasteiger partial charge in [-0.05, 0) is 55.3 Å². The van der Waals surface area contributed by atoms with E-state index < -0.39 is 0 Å². The van der Waals surface area contributed by atoms with E-state index >= 15 is 0 Å². The first-order valence-electron chi connectivity index (χ1n) is 6.81. The highest BCUT2D eigenvalue weighted by Gasteiger charge is 2.17. The van der Waals surface area contributed by atoms with E-state index in [-0.39, 0.29) is 17.5 Å². The number of hydrogen-bond acceptors (Lipinski definition) is 1. The first kappa shape index (κ1) is 15.2. The van der Waals surface area contributed by atoms with Gasteiger partial charge >= 0.3 is 0 Å². The summed E-state index contributed by atoms with van der Waals surface area (Å²) in [7, 11) is 0. The predicted molar refractivity (Wildman–Crippen MR) is 78.0 cm³/mol. The molecule has 1 amide bonds. The number of rotatable bonds is 4. The molecule has 110 valence electrons. The summed E-state index contributed by atoms with van der Waals surface area (Å²) in [6.45, 7) is 4.37. The topological polar surface area (TPSA) is 20.3 Å². The molecule has 0 bridgehead atoms. The molecule has 0 aliphatic heterocycles. The van der Waals surface area contributed by atoms with E-state index in [0.29, 0.717) is 24.2 Å². The van der Waals surface area contributed by atoms with Gasteiger partial charge in [-0.25, -0.2) is 8.78 Å². The summed E-state index contributed by atoms with van der Waals surface area (Å²) in [5.74, 6) is -0.870. The van der Waals surface area contributed by atoms with Crippen LogP contribution in [-0.2, 0) is 6.54 Å². The molecule has 0 saturated carbocycles. The van der Waals surface area contributed by atoms with Crippen LogP contribution in [0.5, 0.6) is 0 Å². The lowest BCUT2D eigenvalue weighted by Crippen LogP contribution is -2.30. The molecule has 4 heteroatoms. The Morgan fingerprint density at radius 2 is 1.81 bits per heavy atom. The molecule has 0 spiro atoms. The minimum absolute atomic E-state index is 0.181. The van der Waals surface area contributed by atoms with E-state index in [1.165, 1.54) is 30.3 Å². The van der Waals surface area contributed by atoms with Gasteiger partial charge in [-0.3, -0.25) is 4.79 Å². The first-order valence-corrected chi connectivity index (χ1v) is 6.81. The molecule has 2 rings (SSSR count). The Labute approximate surface area is 123 Å². The molecule has 0 aromatic heterocycles. The van der Waals surface area contributed by atoms with Crippen LogP contribution in [0.3, 0.4) is 0 Å². The first-order chi connectivity index (χ1) is 10.0. The zero-order chi connectivity index (χ0) is 15.4. The number of carbonyl (C=O) groups excluding carboxylic acids is 1. The van der Waals surface area contributed by atoms with E-state index in [4.69, 9.17) is 0 Å². The second-order valence-electron chi connectivity index (χ2n) is 4.91. The number of carbonyl (C=O) groups is 1. The molecule has 0 radical (unpaired) electrons. The van der Waals surface area contributed by atoms with Gasteiger partial charge in [0.25, 0.3) is 5.91 Å². The standard InChI is InChI=1S/C17H17F2NO/c1-3-20(11-13-5-4-6-14(18)10-13)17(21)16-8-7-15(19)9-12(16)2/h4-10H,3,11H2,1-2H3. The van der Waals surface area contributed by atoms with E-state index in [1.807, 2.05) is 6.92 Å². The van der Waals surface area contributed by atoms with Crippen molar-refractivity contribution in [3.05, 3.63) is 70.8 Å². The van der Waals surface area contributed by atoms with Crippen LogP contribution in [0.4, 0.5) is 8.78 Å². The molecule has 0 fully saturated rings. The van der Waals surface area contributed by atoms with Crippen LogP contribution in [-0.4, -0.2) is 17.4 Å². The summed E-state index contributed by atoms with van der Waals surface area (Å²) in [5, 5.41) is 0. The van der Waals surface area contributed by atoms with Crippen LogP contribution in [0.25, 0.3) is 0 Å². The van der Waals surface area contributed by atoms with E-state index in [9.17, 15) is 13.6 Å². The highest BCUT2D eigenvalue weighted by atomic mass is 19.1. The fourth-order valence-corrected chi connectivity index (χ4v) is 2.22. The molecular weight excluding hydrogens is 272 g/mol. The fourth-order valence-electron chi connectivity index (χ4n) is 2.22. The van der Waals surface area contributed by atoms with Crippen LogP contribution < -0.4 is 0 Å². The number of hydrogen-bond donors (Lipinski definition) is 0. The smallest absolute Gasteiger partial charge is 0.254 e. The van der Waals surface area contributed by atoms with Crippen molar-refractivity contribution in [1.29, 1.82) is 0 Å². The van der Waals surface area contributed by atoms with Crippen molar-refractivity contribution in [1.82, 2.24) is 4.90 Å². The lowest BCUT2D eigenvalue weighted by atomic mass is 10.1. The number of benzene rings is 2. The minimum Gasteiger partial charge on any atom is -0.335 e. The second-order valence-corrected chi connectivity index (χ2v) is 4.91. The summed E-state index contributed by atoms with van der Waals surface area (Å²) in [4.78, 5) is 14.1. The SMILES string of the molecule is CCN(Cc1cccc(F)c1)C(=O)c1ccc(F)cc1C. The summed E-state index contributed by atoms with van der Waals surface area (Å²) in [5.41, 5.74) is 1.79. The fraction of sp³-hybridized carbons (Fsp3) is 0.235. The van der Waals surface area contributed by atoms with Gasteiger partial charge < -0.3 is 4.90 Å². The molecule has 2 aromatic rings. The van der Waals surface area contributed by atoms with Crippen LogP contribution >= 0.6 is 0 Å². The zero-order valence-electron chi connectivity index (χ0n) is 12.1. The highest BCUT2D eigenvalue weighted by molar-refractivity contribution is 5.95. The van der Waals surface area contributed by atoms with Gasteiger partial charge in [0.2, 0.25) is 0 Å². The number of nitrogens with zero attached hydrogens (tertiary/aromatic N) is 1. The highest BCUT2D eigenvalue weighted by Crippen LogP contribution is 2.15. The molecule has 0 heterocycles. The van der Waals surface area contributed by atoms with Gasteiger partial charge in [-0.1, -0.05) is 12.1 Å². The van der Waals surface area contributed by atoms with E-state index in [0.717, 1.165) is 5.56 Å². The van der Waals surface area contributed by atoms with Crippen molar-refractivity contribution in [2.75, 3.05) is 6.54 Å². The Morgan fingerprint density at radius 3 is 2.43 bits per heavy atom. The van der Waals surface area contributed by atoms with Crippen molar-refractivity contribution in [3.63, 3.8) is 0 Å². The molecular formula is C17H17F2NO. The Bertz CT molecular complexity index is 655. The Hall–Kier alpha value is -2.23. The average molecular weight is 289 g/mol. The largest absolute Gasteiger partial charge is 0.335 e. The van der Waals surface area contributed by atoms with Crippen molar-refractivity contribution in [3.8, 4) is 0 Å². The number of aryl methyl sites for hydroxylation is 1. The van der Waals surface area contributed by atoms with Gasteiger partial charge in [0.05, 0.1) is 0 Å². The van der Waals surface area contributed by atoms with Crippen LogP contribution in [0, 0.1) is 18.6 Å². The molecule has 0 saturated heterocycles. The third-order valence-electron chi connectivity index (χ3n) is 3.35. The monoisotopic (exact) mass is 289 g/mol. The van der Waals surface area contributed by atoms with Gasteiger partial charge in [0.1, 0.15) is 11.6 Å². The van der Waals surface area contributed by atoms with Crippen molar-refractivity contribution < 1.29 is 13.6 Å². The zero-order valence-corrected chi connectivity index (χ0v) is 12.1. The van der Waals surface area contributed by atoms with Gasteiger partial charge in [-0.2, -0.15) is 0 Å². The normalized spacial score (nSPS) is 10.5. The molecule has 2 aromatic carbocycles.